The van der Waals surface area contributed by atoms with Crippen molar-refractivity contribution in [2.45, 2.75) is 0 Å². The maximum Gasteiger partial charge on any atom is 0.162 e. The molecule has 0 radical (unpaired) electrons. The van der Waals surface area contributed by atoms with E-state index in [9.17, 15) is 0 Å². The number of halogens is 1. The molecule has 0 unspecified atom stereocenters. The predicted molar refractivity (Wildman–Crippen MR) is 124 cm³/mol. The first kappa shape index (κ1) is 19.8. The molecule has 1 aliphatic rings. The number of anilines is 1. The summed E-state index contributed by atoms with van der Waals surface area (Å²) in [4.78, 5) is 12.1. The van der Waals surface area contributed by atoms with Gasteiger partial charge in [-0.1, -0.05) is 23.7 Å². The molecule has 1 aliphatic heterocycles. The summed E-state index contributed by atoms with van der Waals surface area (Å²) < 4.78 is 16.4. The van der Waals surface area contributed by atoms with E-state index >= 15 is 0 Å². The molecule has 1 saturated heterocycles. The Kier molecular flexibility index (Phi) is 5.26. The van der Waals surface area contributed by atoms with E-state index in [0.717, 1.165) is 46.3 Å². The highest BCUT2D eigenvalue weighted by atomic mass is 35.5. The van der Waals surface area contributed by atoms with Crippen LogP contribution in [-0.2, 0) is 4.74 Å². The molecule has 0 N–H and O–H groups in total. The van der Waals surface area contributed by atoms with Crippen LogP contribution in [0.15, 0.2) is 48.5 Å². The summed E-state index contributed by atoms with van der Waals surface area (Å²) in [6.07, 6.45) is 0. The summed E-state index contributed by atoms with van der Waals surface area (Å²) >= 11 is 6.13. The Hall–Kier alpha value is -3.09. The molecule has 2 aromatic heterocycles. The first-order valence-corrected chi connectivity index (χ1v) is 10.5. The van der Waals surface area contributed by atoms with Gasteiger partial charge in [0.2, 0.25) is 0 Å². The van der Waals surface area contributed by atoms with E-state index in [4.69, 9.17) is 35.8 Å². The zero-order chi connectivity index (χ0) is 21.4. The van der Waals surface area contributed by atoms with E-state index in [1.165, 1.54) is 0 Å². The summed E-state index contributed by atoms with van der Waals surface area (Å²) in [6, 6.07) is 15.9. The summed E-state index contributed by atoms with van der Waals surface area (Å²) in [5.41, 5.74) is 3.61. The van der Waals surface area contributed by atoms with Crippen LogP contribution in [0.5, 0.6) is 11.5 Å². The largest absolute Gasteiger partial charge is 0.493 e. The molecule has 31 heavy (non-hydrogen) atoms. The van der Waals surface area contributed by atoms with Gasteiger partial charge in [0.1, 0.15) is 5.82 Å². The van der Waals surface area contributed by atoms with E-state index in [1.807, 2.05) is 36.4 Å². The van der Waals surface area contributed by atoms with Crippen molar-refractivity contribution in [3.05, 3.63) is 53.6 Å². The standard InChI is InChI=1S/C24H22ClN3O3/c1-29-21-13-16-11-17-12-19(15-3-5-18(25)6-4-15)24(28-7-9-31-10-8-28)27-23(17)26-20(16)14-22(21)30-2/h3-6,11-14H,7-10H2,1-2H3. The SMILES string of the molecule is COc1cc2cc3cc(-c4ccc(Cl)cc4)c(N4CCOCC4)nc3nc2cc1OC. The molecule has 6 nitrogen and oxygen atoms in total. The summed E-state index contributed by atoms with van der Waals surface area (Å²) in [6.45, 7) is 2.94. The number of nitrogens with zero attached hydrogens (tertiary/aromatic N) is 3. The Morgan fingerprint density at radius 1 is 0.871 bits per heavy atom. The maximum atomic E-state index is 6.13. The molecule has 0 aliphatic carbocycles. The van der Waals surface area contributed by atoms with Gasteiger partial charge >= 0.3 is 0 Å². The quantitative estimate of drug-likeness (QED) is 0.422. The van der Waals surface area contributed by atoms with Crippen molar-refractivity contribution in [2.24, 2.45) is 0 Å². The highest BCUT2D eigenvalue weighted by Gasteiger charge is 2.19. The van der Waals surface area contributed by atoms with E-state index in [1.54, 1.807) is 14.2 Å². The van der Waals surface area contributed by atoms with Crippen molar-refractivity contribution >= 4 is 39.4 Å². The van der Waals surface area contributed by atoms with Crippen molar-refractivity contribution in [3.63, 3.8) is 0 Å². The second-order valence-electron chi connectivity index (χ2n) is 7.40. The molecule has 158 valence electrons. The third kappa shape index (κ3) is 3.73. The van der Waals surface area contributed by atoms with Gasteiger partial charge in [-0.25, -0.2) is 9.97 Å². The topological polar surface area (TPSA) is 56.7 Å². The van der Waals surface area contributed by atoms with Crippen LogP contribution in [0.2, 0.25) is 5.02 Å². The Balaban J connectivity index is 1.74. The summed E-state index contributed by atoms with van der Waals surface area (Å²) in [5.74, 6) is 2.23. The number of morpholine rings is 1. The minimum Gasteiger partial charge on any atom is -0.493 e. The molecule has 7 heteroatoms. The number of benzene rings is 2. The van der Waals surface area contributed by atoms with Crippen LogP contribution in [0.1, 0.15) is 0 Å². The van der Waals surface area contributed by atoms with Crippen LogP contribution in [-0.4, -0.2) is 50.5 Å². The first-order valence-electron chi connectivity index (χ1n) is 10.1. The average Bonchev–Trinajstić information content (AvgIpc) is 2.82. The minimum absolute atomic E-state index is 0.646. The number of aromatic nitrogens is 2. The van der Waals surface area contributed by atoms with E-state index in [2.05, 4.69) is 17.0 Å². The third-order valence-electron chi connectivity index (χ3n) is 5.55. The number of hydrogen-bond donors (Lipinski definition) is 0. The van der Waals surface area contributed by atoms with Crippen LogP contribution < -0.4 is 14.4 Å². The van der Waals surface area contributed by atoms with Crippen molar-refractivity contribution in [3.8, 4) is 22.6 Å². The van der Waals surface area contributed by atoms with Crippen molar-refractivity contribution in [1.29, 1.82) is 0 Å². The van der Waals surface area contributed by atoms with Crippen LogP contribution in [0, 0.1) is 0 Å². The number of hydrogen-bond acceptors (Lipinski definition) is 6. The molecule has 0 bridgehead atoms. The van der Waals surface area contributed by atoms with Gasteiger partial charge in [-0.2, -0.15) is 0 Å². The Bertz CT molecular complexity index is 1250. The number of rotatable bonds is 4. The molecular formula is C24H22ClN3O3. The summed E-state index contributed by atoms with van der Waals surface area (Å²) in [7, 11) is 3.25. The summed E-state index contributed by atoms with van der Waals surface area (Å²) in [5, 5.41) is 2.63. The van der Waals surface area contributed by atoms with Crippen molar-refractivity contribution < 1.29 is 14.2 Å². The molecule has 0 saturated carbocycles. The lowest BCUT2D eigenvalue weighted by Crippen LogP contribution is -2.37. The predicted octanol–water partition coefficient (Wildman–Crippen LogP) is 4.96. The van der Waals surface area contributed by atoms with Crippen LogP contribution in [0.4, 0.5) is 5.82 Å². The molecule has 2 aromatic carbocycles. The van der Waals surface area contributed by atoms with Gasteiger partial charge in [0.25, 0.3) is 0 Å². The Morgan fingerprint density at radius 3 is 2.29 bits per heavy atom. The van der Waals surface area contributed by atoms with E-state index < -0.39 is 0 Å². The van der Waals surface area contributed by atoms with Gasteiger partial charge in [-0.05, 0) is 35.9 Å². The fraction of sp³-hybridized carbons (Fsp3) is 0.250. The van der Waals surface area contributed by atoms with Crippen LogP contribution in [0.25, 0.3) is 33.1 Å². The zero-order valence-corrected chi connectivity index (χ0v) is 18.1. The van der Waals surface area contributed by atoms with Gasteiger partial charge < -0.3 is 19.1 Å². The van der Waals surface area contributed by atoms with Crippen LogP contribution >= 0.6 is 11.6 Å². The smallest absolute Gasteiger partial charge is 0.162 e. The fourth-order valence-corrected chi connectivity index (χ4v) is 4.07. The number of fused-ring (bicyclic) bond motifs is 2. The third-order valence-corrected chi connectivity index (χ3v) is 5.80. The molecule has 5 rings (SSSR count). The number of ether oxygens (including phenoxy) is 3. The average molecular weight is 436 g/mol. The highest BCUT2D eigenvalue weighted by Crippen LogP contribution is 2.36. The van der Waals surface area contributed by atoms with Crippen molar-refractivity contribution in [1.82, 2.24) is 9.97 Å². The van der Waals surface area contributed by atoms with Gasteiger partial charge in [0, 0.05) is 40.5 Å². The van der Waals surface area contributed by atoms with E-state index in [0.29, 0.717) is 35.4 Å². The normalized spacial score (nSPS) is 14.2. The van der Waals surface area contributed by atoms with Crippen molar-refractivity contribution in [2.75, 3.05) is 45.4 Å². The van der Waals surface area contributed by atoms with E-state index in [-0.39, 0.29) is 0 Å². The maximum absolute atomic E-state index is 6.13. The molecule has 0 spiro atoms. The molecule has 1 fully saturated rings. The van der Waals surface area contributed by atoms with Gasteiger partial charge in [0.15, 0.2) is 17.1 Å². The monoisotopic (exact) mass is 435 g/mol. The lowest BCUT2D eigenvalue weighted by Gasteiger charge is -2.29. The first-order chi connectivity index (χ1) is 15.2. The molecule has 0 atom stereocenters. The van der Waals surface area contributed by atoms with Crippen LogP contribution in [0.3, 0.4) is 0 Å². The number of pyridine rings is 2. The lowest BCUT2D eigenvalue weighted by molar-refractivity contribution is 0.122. The zero-order valence-electron chi connectivity index (χ0n) is 17.4. The lowest BCUT2D eigenvalue weighted by atomic mass is 10.0. The Labute approximate surface area is 185 Å². The highest BCUT2D eigenvalue weighted by molar-refractivity contribution is 6.30. The van der Waals surface area contributed by atoms with Gasteiger partial charge in [-0.15, -0.1) is 0 Å². The second-order valence-corrected chi connectivity index (χ2v) is 7.84. The number of methoxy groups -OCH3 is 2. The molecule has 0 amide bonds. The fourth-order valence-electron chi connectivity index (χ4n) is 3.94. The molecule has 4 aromatic rings. The minimum atomic E-state index is 0.646. The second kappa shape index (κ2) is 8.21. The van der Waals surface area contributed by atoms with Gasteiger partial charge in [0.05, 0.1) is 33.0 Å². The molecule has 3 heterocycles. The molecular weight excluding hydrogens is 414 g/mol. The Morgan fingerprint density at radius 2 is 1.58 bits per heavy atom. The van der Waals surface area contributed by atoms with Gasteiger partial charge in [-0.3, -0.25) is 0 Å².